The highest BCUT2D eigenvalue weighted by molar-refractivity contribution is 4.81. The van der Waals surface area contributed by atoms with Crippen molar-refractivity contribution >= 4 is 0 Å². The van der Waals surface area contributed by atoms with Crippen LogP contribution in [0.3, 0.4) is 0 Å². The molecule has 0 spiro atoms. The van der Waals surface area contributed by atoms with Gasteiger partial charge in [0.05, 0.1) is 0 Å². The average molecular weight is 295 g/mol. The normalized spacial score (nSPS) is 33.0. The van der Waals surface area contributed by atoms with E-state index in [0.717, 1.165) is 17.8 Å². The number of hydrogen-bond donors (Lipinski definition) is 1. The third-order valence-corrected chi connectivity index (χ3v) is 5.94. The number of nitrogens with zero attached hydrogens (tertiary/aromatic N) is 1. The highest BCUT2D eigenvalue weighted by Gasteiger charge is 2.24. The Morgan fingerprint density at radius 1 is 1.14 bits per heavy atom. The van der Waals surface area contributed by atoms with E-state index in [4.69, 9.17) is 0 Å². The van der Waals surface area contributed by atoms with Gasteiger partial charge in [-0.1, -0.05) is 39.5 Å². The first kappa shape index (κ1) is 17.3. The first-order valence-corrected chi connectivity index (χ1v) is 9.64. The van der Waals surface area contributed by atoms with E-state index in [-0.39, 0.29) is 0 Å². The van der Waals surface area contributed by atoms with Gasteiger partial charge in [0.15, 0.2) is 0 Å². The van der Waals surface area contributed by atoms with Gasteiger partial charge in [0.25, 0.3) is 0 Å². The molecule has 2 fully saturated rings. The predicted octanol–water partition coefficient (Wildman–Crippen LogP) is 4.30. The van der Waals surface area contributed by atoms with E-state index in [9.17, 15) is 0 Å². The molecule has 2 nitrogen and oxygen atoms in total. The van der Waals surface area contributed by atoms with Gasteiger partial charge < -0.3 is 10.2 Å². The minimum Gasteiger partial charge on any atom is -0.314 e. The van der Waals surface area contributed by atoms with E-state index in [2.05, 4.69) is 31.0 Å². The molecule has 2 heteroatoms. The van der Waals surface area contributed by atoms with E-state index in [1.807, 2.05) is 0 Å². The van der Waals surface area contributed by atoms with Gasteiger partial charge in [-0.15, -0.1) is 0 Å². The summed E-state index contributed by atoms with van der Waals surface area (Å²) in [7, 11) is 0. The van der Waals surface area contributed by atoms with Crippen LogP contribution in [0.1, 0.15) is 72.1 Å². The zero-order chi connectivity index (χ0) is 15.1. The van der Waals surface area contributed by atoms with Gasteiger partial charge in [0.1, 0.15) is 0 Å². The minimum atomic E-state index is 0.701. The van der Waals surface area contributed by atoms with E-state index in [1.165, 1.54) is 77.5 Å². The molecular weight excluding hydrogens is 256 g/mol. The van der Waals surface area contributed by atoms with Crippen molar-refractivity contribution in [3.63, 3.8) is 0 Å². The zero-order valence-electron chi connectivity index (χ0n) is 14.7. The minimum absolute atomic E-state index is 0.701. The van der Waals surface area contributed by atoms with Crippen molar-refractivity contribution in [1.82, 2.24) is 10.2 Å². The second kappa shape index (κ2) is 9.15. The first-order chi connectivity index (χ1) is 10.2. The molecule has 2 unspecified atom stereocenters. The van der Waals surface area contributed by atoms with Gasteiger partial charge in [-0.3, -0.25) is 0 Å². The summed E-state index contributed by atoms with van der Waals surface area (Å²) in [5.41, 5.74) is 0. The summed E-state index contributed by atoms with van der Waals surface area (Å²) in [4.78, 5) is 2.68. The molecular formula is C19H38N2. The number of rotatable bonds is 7. The molecule has 1 saturated carbocycles. The largest absolute Gasteiger partial charge is 0.314 e. The van der Waals surface area contributed by atoms with Crippen molar-refractivity contribution < 1.29 is 0 Å². The van der Waals surface area contributed by atoms with Gasteiger partial charge in [-0.05, 0) is 70.0 Å². The van der Waals surface area contributed by atoms with E-state index >= 15 is 0 Å². The van der Waals surface area contributed by atoms with Crippen LogP contribution >= 0.6 is 0 Å². The highest BCUT2D eigenvalue weighted by atomic mass is 15.1. The second-order valence-electron chi connectivity index (χ2n) is 7.86. The fourth-order valence-electron chi connectivity index (χ4n) is 4.32. The van der Waals surface area contributed by atoms with Gasteiger partial charge in [-0.2, -0.15) is 0 Å². The quantitative estimate of drug-likeness (QED) is 0.753. The zero-order valence-corrected chi connectivity index (χ0v) is 14.7. The summed E-state index contributed by atoms with van der Waals surface area (Å²) in [6, 6.07) is 0.701. The summed E-state index contributed by atoms with van der Waals surface area (Å²) in [5.74, 6) is 2.86. The van der Waals surface area contributed by atoms with Crippen LogP contribution in [0.25, 0.3) is 0 Å². The topological polar surface area (TPSA) is 15.3 Å². The molecule has 1 N–H and O–H groups in total. The summed E-state index contributed by atoms with van der Waals surface area (Å²) in [5, 5.41) is 3.85. The highest BCUT2D eigenvalue weighted by Crippen LogP contribution is 2.30. The number of hydrogen-bond acceptors (Lipinski definition) is 2. The molecule has 1 aliphatic heterocycles. The molecule has 2 rings (SSSR count). The molecule has 0 bridgehead atoms. The Kier molecular flexibility index (Phi) is 7.53. The van der Waals surface area contributed by atoms with Gasteiger partial charge in [0.2, 0.25) is 0 Å². The Morgan fingerprint density at radius 3 is 2.62 bits per heavy atom. The van der Waals surface area contributed by atoms with Crippen LogP contribution in [0.2, 0.25) is 0 Å². The predicted molar refractivity (Wildman–Crippen MR) is 92.7 cm³/mol. The molecule has 1 aliphatic carbocycles. The van der Waals surface area contributed by atoms with Crippen LogP contribution in [-0.4, -0.2) is 37.1 Å². The van der Waals surface area contributed by atoms with E-state index in [1.54, 1.807) is 0 Å². The Bertz CT molecular complexity index is 269. The summed E-state index contributed by atoms with van der Waals surface area (Å²) in [6.07, 6.45) is 11.4. The first-order valence-electron chi connectivity index (χ1n) is 9.64. The molecule has 2 atom stereocenters. The molecule has 2 aliphatic rings. The SMILES string of the molecule is CCCN1CCCC(C(C)NCCC2CCC(C)CC2)C1. The van der Waals surface area contributed by atoms with Crippen LogP contribution < -0.4 is 5.32 Å². The van der Waals surface area contributed by atoms with Crippen molar-refractivity contribution in [2.24, 2.45) is 17.8 Å². The molecule has 21 heavy (non-hydrogen) atoms. The second-order valence-corrected chi connectivity index (χ2v) is 7.86. The Labute approximate surface area is 133 Å². The van der Waals surface area contributed by atoms with Gasteiger partial charge in [0, 0.05) is 12.6 Å². The molecule has 0 aromatic heterocycles. The van der Waals surface area contributed by atoms with Crippen molar-refractivity contribution in [3.05, 3.63) is 0 Å². The third-order valence-electron chi connectivity index (χ3n) is 5.94. The smallest absolute Gasteiger partial charge is 0.00792 e. The van der Waals surface area contributed by atoms with Crippen LogP contribution in [0.4, 0.5) is 0 Å². The Hall–Kier alpha value is -0.0800. The maximum Gasteiger partial charge on any atom is 0.00792 e. The van der Waals surface area contributed by atoms with E-state index in [0.29, 0.717) is 6.04 Å². The van der Waals surface area contributed by atoms with Gasteiger partial charge >= 0.3 is 0 Å². The standard InChI is InChI=1S/C19H38N2/c1-4-13-21-14-5-6-19(15-21)17(3)20-12-11-18-9-7-16(2)8-10-18/h16-20H,4-15H2,1-3H3. The van der Waals surface area contributed by atoms with Crippen LogP contribution in [0.5, 0.6) is 0 Å². The van der Waals surface area contributed by atoms with Crippen molar-refractivity contribution in [2.45, 2.75) is 78.2 Å². The Morgan fingerprint density at radius 2 is 1.90 bits per heavy atom. The lowest BCUT2D eigenvalue weighted by Gasteiger charge is -2.36. The summed E-state index contributed by atoms with van der Waals surface area (Å²) >= 11 is 0. The average Bonchev–Trinajstić information content (AvgIpc) is 2.50. The molecule has 124 valence electrons. The maximum atomic E-state index is 3.85. The fourth-order valence-corrected chi connectivity index (χ4v) is 4.32. The summed E-state index contributed by atoms with van der Waals surface area (Å²) < 4.78 is 0. The van der Waals surface area contributed by atoms with Crippen molar-refractivity contribution in [2.75, 3.05) is 26.2 Å². The lowest BCUT2D eigenvalue weighted by molar-refractivity contribution is 0.149. The number of piperidine rings is 1. The van der Waals surface area contributed by atoms with Crippen LogP contribution in [-0.2, 0) is 0 Å². The number of likely N-dealkylation sites (tertiary alicyclic amines) is 1. The molecule has 0 aromatic carbocycles. The van der Waals surface area contributed by atoms with Crippen LogP contribution in [0, 0.1) is 17.8 Å². The van der Waals surface area contributed by atoms with E-state index < -0.39 is 0 Å². The molecule has 1 heterocycles. The van der Waals surface area contributed by atoms with Gasteiger partial charge in [-0.25, -0.2) is 0 Å². The number of nitrogens with one attached hydrogen (secondary N) is 1. The summed E-state index contributed by atoms with van der Waals surface area (Å²) in [6.45, 7) is 12.3. The molecule has 0 aromatic rings. The molecule has 1 saturated heterocycles. The van der Waals surface area contributed by atoms with Crippen molar-refractivity contribution in [1.29, 1.82) is 0 Å². The fraction of sp³-hybridized carbons (Fsp3) is 1.00. The molecule has 0 amide bonds. The monoisotopic (exact) mass is 294 g/mol. The lowest BCUT2D eigenvalue weighted by atomic mass is 9.81. The van der Waals surface area contributed by atoms with Crippen LogP contribution in [0.15, 0.2) is 0 Å². The lowest BCUT2D eigenvalue weighted by Crippen LogP contribution is -2.45. The molecule has 0 radical (unpaired) electrons. The Balaban J connectivity index is 1.61. The van der Waals surface area contributed by atoms with Crippen molar-refractivity contribution in [3.8, 4) is 0 Å². The third kappa shape index (κ3) is 5.90. The maximum absolute atomic E-state index is 3.85.